The molecule has 3 rings (SSSR count). The molecule has 0 spiro atoms. The lowest BCUT2D eigenvalue weighted by Crippen LogP contribution is -2.43. The van der Waals surface area contributed by atoms with Crippen molar-refractivity contribution in [3.63, 3.8) is 0 Å². The molecule has 0 atom stereocenters. The topological polar surface area (TPSA) is 41.3 Å². The van der Waals surface area contributed by atoms with Crippen LogP contribution in [0, 0.1) is 0 Å². The molecule has 1 N–H and O–H groups in total. The summed E-state index contributed by atoms with van der Waals surface area (Å²) in [6.07, 6.45) is 7.13. The van der Waals surface area contributed by atoms with Crippen LogP contribution in [0.4, 0.5) is 5.69 Å². The van der Waals surface area contributed by atoms with E-state index in [1.165, 1.54) is 31.4 Å². The Kier molecular flexibility index (Phi) is 2.82. The maximum Gasteiger partial charge on any atom is 0.163 e. The summed E-state index contributed by atoms with van der Waals surface area (Å²) in [5.74, 6) is 1.76. The lowest BCUT2D eigenvalue weighted by molar-refractivity contribution is 0.360. The molecule has 1 aliphatic heterocycles. The van der Waals surface area contributed by atoms with Crippen molar-refractivity contribution in [1.29, 1.82) is 0 Å². The second-order valence-corrected chi connectivity index (χ2v) is 4.79. The Morgan fingerprint density at radius 2 is 2.00 bits per heavy atom. The Labute approximate surface area is 96.0 Å². The molecule has 0 aromatic carbocycles. The number of nitrogens with one attached hydrogen (secondary N) is 1. The van der Waals surface area contributed by atoms with Crippen molar-refractivity contribution in [1.82, 2.24) is 10.5 Å². The molecule has 0 bridgehead atoms. The fourth-order valence-corrected chi connectivity index (χ4v) is 2.86. The second kappa shape index (κ2) is 4.45. The van der Waals surface area contributed by atoms with E-state index in [4.69, 9.17) is 4.52 Å². The highest BCUT2D eigenvalue weighted by molar-refractivity contribution is 5.49. The summed E-state index contributed by atoms with van der Waals surface area (Å²) in [6, 6.07) is 0. The van der Waals surface area contributed by atoms with E-state index in [1.54, 1.807) is 0 Å². The van der Waals surface area contributed by atoms with Crippen LogP contribution in [-0.2, 0) is 0 Å². The number of piperazine rings is 1. The summed E-state index contributed by atoms with van der Waals surface area (Å²) in [7, 11) is 0. The molecule has 2 fully saturated rings. The van der Waals surface area contributed by atoms with E-state index in [9.17, 15) is 0 Å². The molecule has 1 saturated heterocycles. The maximum atomic E-state index is 5.49. The fraction of sp³-hybridized carbons (Fsp3) is 0.750. The average Bonchev–Trinajstić information content (AvgIpc) is 3.01. The number of hydrogen-bond acceptors (Lipinski definition) is 4. The van der Waals surface area contributed by atoms with Crippen molar-refractivity contribution < 1.29 is 4.52 Å². The molecule has 0 radical (unpaired) electrons. The summed E-state index contributed by atoms with van der Waals surface area (Å²) >= 11 is 0. The van der Waals surface area contributed by atoms with Gasteiger partial charge >= 0.3 is 0 Å². The van der Waals surface area contributed by atoms with Crippen LogP contribution < -0.4 is 10.2 Å². The van der Waals surface area contributed by atoms with Crippen LogP contribution in [-0.4, -0.2) is 31.3 Å². The SMILES string of the molecule is c1noc(C2CCCC2)c1N1CCNCC1. The minimum atomic E-state index is 0.618. The number of nitrogens with zero attached hydrogens (tertiary/aromatic N) is 2. The Balaban J connectivity index is 1.80. The summed E-state index contributed by atoms with van der Waals surface area (Å²) in [6.45, 7) is 4.27. The van der Waals surface area contributed by atoms with Gasteiger partial charge in [-0.25, -0.2) is 0 Å². The van der Waals surface area contributed by atoms with E-state index in [2.05, 4.69) is 15.4 Å². The zero-order chi connectivity index (χ0) is 10.8. The van der Waals surface area contributed by atoms with Gasteiger partial charge in [-0.3, -0.25) is 0 Å². The minimum absolute atomic E-state index is 0.618. The summed E-state index contributed by atoms with van der Waals surface area (Å²) < 4.78 is 5.49. The Bertz CT molecular complexity index is 338. The first-order valence-corrected chi connectivity index (χ1v) is 6.35. The quantitative estimate of drug-likeness (QED) is 0.826. The second-order valence-electron chi connectivity index (χ2n) is 4.79. The van der Waals surface area contributed by atoms with Crippen LogP contribution in [0.15, 0.2) is 10.7 Å². The van der Waals surface area contributed by atoms with Gasteiger partial charge in [-0.15, -0.1) is 0 Å². The standard InChI is InChI=1S/C12H19N3O/c1-2-4-10(3-1)12-11(9-14-16-12)15-7-5-13-6-8-15/h9-10,13H,1-8H2. The molecule has 88 valence electrons. The van der Waals surface area contributed by atoms with E-state index in [0.29, 0.717) is 5.92 Å². The van der Waals surface area contributed by atoms with Gasteiger partial charge < -0.3 is 14.7 Å². The molecule has 2 heterocycles. The highest BCUT2D eigenvalue weighted by atomic mass is 16.5. The monoisotopic (exact) mass is 221 g/mol. The lowest BCUT2D eigenvalue weighted by atomic mass is 10.0. The fourth-order valence-electron chi connectivity index (χ4n) is 2.86. The molecule has 0 unspecified atom stereocenters. The average molecular weight is 221 g/mol. The van der Waals surface area contributed by atoms with Gasteiger partial charge in [0.2, 0.25) is 0 Å². The zero-order valence-corrected chi connectivity index (χ0v) is 9.61. The molecule has 1 saturated carbocycles. The maximum absolute atomic E-state index is 5.49. The lowest BCUT2D eigenvalue weighted by Gasteiger charge is -2.29. The summed E-state index contributed by atoms with van der Waals surface area (Å²) in [5.41, 5.74) is 1.24. The van der Waals surface area contributed by atoms with Gasteiger partial charge in [-0.05, 0) is 12.8 Å². The molecule has 4 nitrogen and oxygen atoms in total. The van der Waals surface area contributed by atoms with E-state index in [-0.39, 0.29) is 0 Å². The van der Waals surface area contributed by atoms with E-state index in [1.807, 2.05) is 6.20 Å². The van der Waals surface area contributed by atoms with Crippen molar-refractivity contribution in [2.75, 3.05) is 31.1 Å². The minimum Gasteiger partial charge on any atom is -0.365 e. The van der Waals surface area contributed by atoms with Gasteiger partial charge in [0.1, 0.15) is 5.69 Å². The van der Waals surface area contributed by atoms with E-state index in [0.717, 1.165) is 31.9 Å². The number of aromatic nitrogens is 1. The van der Waals surface area contributed by atoms with Gasteiger partial charge in [0, 0.05) is 32.1 Å². The van der Waals surface area contributed by atoms with Gasteiger partial charge in [-0.1, -0.05) is 18.0 Å². The first-order chi connectivity index (χ1) is 7.95. The van der Waals surface area contributed by atoms with Crippen molar-refractivity contribution in [2.24, 2.45) is 0 Å². The number of anilines is 1. The number of hydrogen-bond donors (Lipinski definition) is 1. The van der Waals surface area contributed by atoms with Crippen molar-refractivity contribution in [3.05, 3.63) is 12.0 Å². The molecule has 1 aliphatic carbocycles. The van der Waals surface area contributed by atoms with Crippen LogP contribution in [0.25, 0.3) is 0 Å². The molecule has 4 heteroatoms. The van der Waals surface area contributed by atoms with Crippen LogP contribution in [0.3, 0.4) is 0 Å². The van der Waals surface area contributed by atoms with Crippen molar-refractivity contribution >= 4 is 5.69 Å². The molecule has 1 aromatic heterocycles. The predicted molar refractivity (Wildman–Crippen MR) is 62.8 cm³/mol. The third-order valence-corrected chi connectivity index (χ3v) is 3.76. The summed E-state index contributed by atoms with van der Waals surface area (Å²) in [5, 5.41) is 7.38. The molecule has 1 aromatic rings. The highest BCUT2D eigenvalue weighted by Crippen LogP contribution is 2.38. The third-order valence-electron chi connectivity index (χ3n) is 3.76. The third kappa shape index (κ3) is 1.82. The first kappa shape index (κ1) is 10.1. The van der Waals surface area contributed by atoms with Gasteiger partial charge in [0.05, 0.1) is 6.20 Å². The van der Waals surface area contributed by atoms with Crippen LogP contribution in [0.5, 0.6) is 0 Å². The van der Waals surface area contributed by atoms with Gasteiger partial charge in [-0.2, -0.15) is 0 Å². The van der Waals surface area contributed by atoms with E-state index < -0.39 is 0 Å². The molecule has 16 heavy (non-hydrogen) atoms. The predicted octanol–water partition coefficient (Wildman–Crippen LogP) is 1.74. The van der Waals surface area contributed by atoms with Crippen molar-refractivity contribution in [2.45, 2.75) is 31.6 Å². The molecule has 2 aliphatic rings. The Hall–Kier alpha value is -1.03. The first-order valence-electron chi connectivity index (χ1n) is 6.35. The van der Waals surface area contributed by atoms with Crippen LogP contribution >= 0.6 is 0 Å². The Morgan fingerprint density at radius 3 is 2.75 bits per heavy atom. The van der Waals surface area contributed by atoms with Gasteiger partial charge in [0.25, 0.3) is 0 Å². The summed E-state index contributed by atoms with van der Waals surface area (Å²) in [4.78, 5) is 2.40. The molecular formula is C12H19N3O. The van der Waals surface area contributed by atoms with Gasteiger partial charge in [0.15, 0.2) is 5.76 Å². The smallest absolute Gasteiger partial charge is 0.163 e. The van der Waals surface area contributed by atoms with Crippen molar-refractivity contribution in [3.8, 4) is 0 Å². The van der Waals surface area contributed by atoms with Crippen LogP contribution in [0.1, 0.15) is 37.4 Å². The largest absolute Gasteiger partial charge is 0.365 e. The van der Waals surface area contributed by atoms with Crippen LogP contribution in [0.2, 0.25) is 0 Å². The Morgan fingerprint density at radius 1 is 1.25 bits per heavy atom. The zero-order valence-electron chi connectivity index (χ0n) is 9.61. The number of rotatable bonds is 2. The normalized spacial score (nSPS) is 22.9. The molecular weight excluding hydrogens is 202 g/mol. The highest BCUT2D eigenvalue weighted by Gasteiger charge is 2.26. The van der Waals surface area contributed by atoms with E-state index >= 15 is 0 Å². The molecule has 0 amide bonds.